The maximum Gasteiger partial charge on any atom is 0.164 e. The molecule has 53 heavy (non-hydrogen) atoms. The van der Waals surface area contributed by atoms with Gasteiger partial charge in [-0.15, -0.1) is 0 Å². The van der Waals surface area contributed by atoms with Gasteiger partial charge in [-0.1, -0.05) is 170 Å². The van der Waals surface area contributed by atoms with Gasteiger partial charge in [0.2, 0.25) is 0 Å². The van der Waals surface area contributed by atoms with Gasteiger partial charge in [-0.2, -0.15) is 0 Å². The van der Waals surface area contributed by atoms with Crippen LogP contribution in [0.25, 0.3) is 94.7 Å². The van der Waals surface area contributed by atoms with Gasteiger partial charge in [-0.3, -0.25) is 0 Å². The van der Waals surface area contributed by atoms with E-state index in [0.29, 0.717) is 17.5 Å². The predicted octanol–water partition coefficient (Wildman–Crippen LogP) is 12.5. The molecule has 0 radical (unpaired) electrons. The molecule has 0 spiro atoms. The lowest BCUT2D eigenvalue weighted by atomic mass is 9.94. The summed E-state index contributed by atoms with van der Waals surface area (Å²) in [4.78, 5) is 15.1. The normalized spacial score (nSPS) is 11.4. The molecule has 2 aromatic heterocycles. The largest absolute Gasteiger partial charge is 0.309 e. The van der Waals surface area contributed by atoms with Crippen molar-refractivity contribution in [3.8, 4) is 62.1 Å². The van der Waals surface area contributed by atoms with E-state index in [4.69, 9.17) is 15.0 Å². The maximum absolute atomic E-state index is 5.06. The van der Waals surface area contributed by atoms with Gasteiger partial charge in [0.05, 0.1) is 11.0 Å². The van der Waals surface area contributed by atoms with Crippen LogP contribution in [0.1, 0.15) is 0 Å². The zero-order valence-electron chi connectivity index (χ0n) is 28.8. The van der Waals surface area contributed by atoms with Gasteiger partial charge in [0.15, 0.2) is 17.5 Å². The summed E-state index contributed by atoms with van der Waals surface area (Å²) in [5.41, 5.74) is 10.9. The minimum Gasteiger partial charge on any atom is -0.309 e. The molecule has 0 aliphatic carbocycles. The Bertz CT molecular complexity index is 2860. The van der Waals surface area contributed by atoms with Crippen LogP contribution in [-0.2, 0) is 0 Å². The summed E-state index contributed by atoms with van der Waals surface area (Å²) in [5.74, 6) is 1.91. The molecule has 10 aromatic rings. The molecule has 0 aliphatic rings. The highest BCUT2D eigenvalue weighted by molar-refractivity contribution is 6.24. The average Bonchev–Trinajstić information content (AvgIpc) is 3.58. The number of hydrogen-bond donors (Lipinski definition) is 0. The molecule has 0 bridgehead atoms. The Labute approximate surface area is 307 Å². The first-order chi connectivity index (χ1) is 26.3. The lowest BCUT2D eigenvalue weighted by molar-refractivity contribution is 1.07. The van der Waals surface area contributed by atoms with Gasteiger partial charge >= 0.3 is 0 Å². The molecule has 0 aliphatic heterocycles. The smallest absolute Gasteiger partial charge is 0.164 e. The average molecular weight is 677 g/mol. The second-order valence-corrected chi connectivity index (χ2v) is 13.3. The highest BCUT2D eigenvalue weighted by Gasteiger charge is 2.20. The fourth-order valence-corrected chi connectivity index (χ4v) is 7.54. The van der Waals surface area contributed by atoms with Crippen LogP contribution in [0.2, 0.25) is 0 Å². The van der Waals surface area contributed by atoms with Crippen molar-refractivity contribution >= 4 is 32.6 Å². The van der Waals surface area contributed by atoms with Crippen molar-refractivity contribution in [2.24, 2.45) is 0 Å². The van der Waals surface area contributed by atoms with E-state index < -0.39 is 0 Å². The van der Waals surface area contributed by atoms with Crippen molar-refractivity contribution in [3.63, 3.8) is 0 Å². The predicted molar refractivity (Wildman–Crippen MR) is 219 cm³/mol. The highest BCUT2D eigenvalue weighted by Crippen LogP contribution is 2.42. The van der Waals surface area contributed by atoms with Crippen LogP contribution in [0.4, 0.5) is 0 Å². The first-order valence-corrected chi connectivity index (χ1v) is 17.9. The number of rotatable bonds is 6. The molecular weight excluding hydrogens is 645 g/mol. The van der Waals surface area contributed by atoms with Crippen LogP contribution in [0.5, 0.6) is 0 Å². The van der Waals surface area contributed by atoms with Crippen molar-refractivity contribution in [3.05, 3.63) is 194 Å². The van der Waals surface area contributed by atoms with Crippen LogP contribution in [0.3, 0.4) is 0 Å². The molecule has 0 unspecified atom stereocenters. The molecular formula is C49H32N4. The maximum atomic E-state index is 5.06. The molecule has 0 amide bonds. The van der Waals surface area contributed by atoms with Crippen LogP contribution in [0.15, 0.2) is 194 Å². The van der Waals surface area contributed by atoms with Crippen LogP contribution < -0.4 is 0 Å². The molecule has 248 valence electrons. The summed E-state index contributed by atoms with van der Waals surface area (Å²) in [6, 6.07) is 68.2. The summed E-state index contributed by atoms with van der Waals surface area (Å²) in [7, 11) is 0. The first kappa shape index (κ1) is 30.6. The van der Waals surface area contributed by atoms with E-state index in [-0.39, 0.29) is 0 Å². The number of nitrogens with zero attached hydrogens (tertiary/aromatic N) is 4. The van der Waals surface area contributed by atoms with Crippen molar-refractivity contribution in [1.29, 1.82) is 0 Å². The fourth-order valence-electron chi connectivity index (χ4n) is 7.54. The molecule has 8 aromatic carbocycles. The Morgan fingerprint density at radius 3 is 1.43 bits per heavy atom. The third-order valence-electron chi connectivity index (χ3n) is 10.0. The van der Waals surface area contributed by atoms with Crippen molar-refractivity contribution < 1.29 is 0 Å². The van der Waals surface area contributed by atoms with E-state index in [2.05, 4.69) is 138 Å². The Morgan fingerprint density at radius 2 is 0.811 bits per heavy atom. The molecule has 0 atom stereocenters. The lowest BCUT2D eigenvalue weighted by Crippen LogP contribution is -2.01. The molecule has 0 saturated carbocycles. The molecule has 4 heteroatoms. The van der Waals surface area contributed by atoms with Gasteiger partial charge in [-0.05, 0) is 57.3 Å². The quantitative estimate of drug-likeness (QED) is 0.176. The van der Waals surface area contributed by atoms with E-state index in [1.807, 2.05) is 60.7 Å². The monoisotopic (exact) mass is 676 g/mol. The van der Waals surface area contributed by atoms with E-state index in [1.54, 1.807) is 0 Å². The Kier molecular flexibility index (Phi) is 7.43. The third-order valence-corrected chi connectivity index (χ3v) is 10.0. The zero-order valence-corrected chi connectivity index (χ0v) is 28.8. The minimum absolute atomic E-state index is 0.626. The molecule has 0 fully saturated rings. The second kappa shape index (κ2) is 12.9. The second-order valence-electron chi connectivity index (χ2n) is 13.3. The summed E-state index contributed by atoms with van der Waals surface area (Å²) < 4.78 is 2.41. The molecule has 4 nitrogen and oxygen atoms in total. The third kappa shape index (κ3) is 5.45. The SMILES string of the molecule is c1ccc(-c2ccc3c4c5ccccc5c(-c5ccccc5)cc4n(-c4cccc(-c5nc(-c6ccccc6)nc(-c6ccccc6)n5)c4)c3c2)cc1. The molecule has 2 heterocycles. The van der Waals surface area contributed by atoms with Crippen molar-refractivity contribution in [2.45, 2.75) is 0 Å². The molecule has 0 N–H and O–H groups in total. The Balaban J connectivity index is 1.25. The number of fused-ring (bicyclic) bond motifs is 5. The van der Waals surface area contributed by atoms with Crippen LogP contribution in [0, 0.1) is 0 Å². The minimum atomic E-state index is 0.626. The van der Waals surface area contributed by atoms with E-state index in [9.17, 15) is 0 Å². The van der Waals surface area contributed by atoms with Crippen molar-refractivity contribution in [1.82, 2.24) is 19.5 Å². The summed E-state index contributed by atoms with van der Waals surface area (Å²) in [6.45, 7) is 0. The number of aromatic nitrogens is 4. The van der Waals surface area contributed by atoms with E-state index in [0.717, 1.165) is 33.4 Å². The molecule has 0 saturated heterocycles. The first-order valence-electron chi connectivity index (χ1n) is 17.9. The Morgan fingerprint density at radius 1 is 0.302 bits per heavy atom. The van der Waals surface area contributed by atoms with Crippen molar-refractivity contribution in [2.75, 3.05) is 0 Å². The highest BCUT2D eigenvalue weighted by atomic mass is 15.0. The van der Waals surface area contributed by atoms with Gasteiger partial charge < -0.3 is 4.57 Å². The number of benzene rings is 8. The fraction of sp³-hybridized carbons (Fsp3) is 0. The van der Waals surface area contributed by atoms with Gasteiger partial charge in [0, 0.05) is 33.2 Å². The van der Waals surface area contributed by atoms with Crippen LogP contribution in [-0.4, -0.2) is 19.5 Å². The van der Waals surface area contributed by atoms with Gasteiger partial charge in [0.1, 0.15) is 0 Å². The van der Waals surface area contributed by atoms with Crippen LogP contribution >= 0.6 is 0 Å². The zero-order chi connectivity index (χ0) is 35.1. The summed E-state index contributed by atoms with van der Waals surface area (Å²) >= 11 is 0. The van der Waals surface area contributed by atoms with Gasteiger partial charge in [-0.25, -0.2) is 15.0 Å². The molecule has 10 rings (SSSR count). The van der Waals surface area contributed by atoms with E-state index >= 15 is 0 Å². The topological polar surface area (TPSA) is 43.6 Å². The van der Waals surface area contributed by atoms with Gasteiger partial charge in [0.25, 0.3) is 0 Å². The standard InChI is InChI=1S/C49H32N4/c1-5-16-33(17-6-1)37-28-29-42-44(31-37)53(45-32-43(34-18-7-2-8-19-34)40-26-13-14-27-41(40)46(42)45)39-25-15-24-38(30-39)49-51-47(35-20-9-3-10-21-35)50-48(52-49)36-22-11-4-12-23-36/h1-32H. The number of hydrogen-bond acceptors (Lipinski definition) is 3. The Hall–Kier alpha value is -7.17. The summed E-state index contributed by atoms with van der Waals surface area (Å²) in [5, 5.41) is 4.91. The lowest BCUT2D eigenvalue weighted by Gasteiger charge is -2.13. The van der Waals surface area contributed by atoms with E-state index in [1.165, 1.54) is 43.8 Å². The summed E-state index contributed by atoms with van der Waals surface area (Å²) in [6.07, 6.45) is 0.